The molecule has 0 aromatic heterocycles. The Morgan fingerprint density at radius 2 is 2.31 bits per heavy atom. The zero-order valence-corrected chi connectivity index (χ0v) is 9.25. The van der Waals surface area contributed by atoms with Crippen LogP contribution in [0.1, 0.15) is 33.2 Å². The highest BCUT2D eigenvalue weighted by Crippen LogP contribution is 2.21. The van der Waals surface area contributed by atoms with E-state index in [2.05, 4.69) is 0 Å². The van der Waals surface area contributed by atoms with Crippen molar-refractivity contribution in [2.75, 3.05) is 6.61 Å². The van der Waals surface area contributed by atoms with Gasteiger partial charge in [0.15, 0.2) is 6.29 Å². The summed E-state index contributed by atoms with van der Waals surface area (Å²) in [6.45, 7) is 1.90. The smallest absolute Gasteiger partial charge is 0.338 e. The Balaban J connectivity index is 3.27. The van der Waals surface area contributed by atoms with Gasteiger partial charge in [0.1, 0.15) is 0 Å². The number of ether oxygens (including phenoxy) is 1. The number of esters is 1. The van der Waals surface area contributed by atoms with Gasteiger partial charge in [0.25, 0.3) is 0 Å². The summed E-state index contributed by atoms with van der Waals surface area (Å²) in [6, 6.07) is 4.40. The van der Waals surface area contributed by atoms with E-state index in [-0.39, 0.29) is 28.3 Å². The number of nitriles is 1. The summed E-state index contributed by atoms with van der Waals surface area (Å²) in [4.78, 5) is 22.0. The molecule has 0 radical (unpaired) electrons. The summed E-state index contributed by atoms with van der Waals surface area (Å²) >= 11 is 5.77. The van der Waals surface area contributed by atoms with E-state index < -0.39 is 5.97 Å². The highest BCUT2D eigenvalue weighted by Gasteiger charge is 2.13. The normalized spacial score (nSPS) is 9.31. The molecule has 0 amide bonds. The van der Waals surface area contributed by atoms with Crippen molar-refractivity contribution < 1.29 is 14.3 Å². The first-order valence-electron chi connectivity index (χ1n) is 4.50. The molecule has 0 spiro atoms. The quantitative estimate of drug-likeness (QED) is 0.597. The van der Waals surface area contributed by atoms with Crippen LogP contribution < -0.4 is 0 Å². The molecule has 0 aliphatic heterocycles. The van der Waals surface area contributed by atoms with Crippen molar-refractivity contribution in [3.8, 4) is 6.07 Å². The van der Waals surface area contributed by atoms with Crippen LogP contribution in [-0.2, 0) is 4.74 Å². The second-order valence-electron chi connectivity index (χ2n) is 2.87. The van der Waals surface area contributed by atoms with Gasteiger partial charge in [-0.25, -0.2) is 4.79 Å². The van der Waals surface area contributed by atoms with Crippen LogP contribution in [-0.4, -0.2) is 18.9 Å². The summed E-state index contributed by atoms with van der Waals surface area (Å²) in [7, 11) is 0. The number of rotatable bonds is 3. The van der Waals surface area contributed by atoms with Gasteiger partial charge in [-0.2, -0.15) is 5.26 Å². The number of nitrogens with zero attached hydrogens (tertiary/aromatic N) is 1. The number of benzene rings is 1. The Bertz CT molecular complexity index is 477. The molecule has 5 heteroatoms. The topological polar surface area (TPSA) is 67.2 Å². The molecule has 0 aliphatic rings. The van der Waals surface area contributed by atoms with Crippen molar-refractivity contribution >= 4 is 23.9 Å². The third-order valence-electron chi connectivity index (χ3n) is 1.88. The van der Waals surface area contributed by atoms with E-state index in [0.29, 0.717) is 6.29 Å². The van der Waals surface area contributed by atoms with Crippen LogP contribution in [0.15, 0.2) is 12.1 Å². The number of aldehydes is 1. The van der Waals surface area contributed by atoms with E-state index in [9.17, 15) is 9.59 Å². The van der Waals surface area contributed by atoms with E-state index in [1.54, 1.807) is 13.0 Å². The Labute approximate surface area is 97.4 Å². The van der Waals surface area contributed by atoms with Gasteiger partial charge in [0.05, 0.1) is 34.4 Å². The predicted octanol–water partition coefficient (Wildman–Crippen LogP) is 2.20. The van der Waals surface area contributed by atoms with Crippen LogP contribution in [0.5, 0.6) is 0 Å². The maximum Gasteiger partial charge on any atom is 0.338 e. The summed E-state index contributed by atoms with van der Waals surface area (Å²) in [5.74, 6) is -0.571. The van der Waals surface area contributed by atoms with Crippen molar-refractivity contribution in [3.05, 3.63) is 33.8 Å². The largest absolute Gasteiger partial charge is 0.462 e. The van der Waals surface area contributed by atoms with Gasteiger partial charge < -0.3 is 4.74 Å². The number of hydrogen-bond donors (Lipinski definition) is 0. The van der Waals surface area contributed by atoms with Gasteiger partial charge in [0.2, 0.25) is 0 Å². The minimum Gasteiger partial charge on any atom is -0.462 e. The zero-order valence-electron chi connectivity index (χ0n) is 8.49. The van der Waals surface area contributed by atoms with Crippen LogP contribution in [0.4, 0.5) is 0 Å². The van der Waals surface area contributed by atoms with Crippen molar-refractivity contribution in [1.29, 1.82) is 5.26 Å². The van der Waals surface area contributed by atoms with Gasteiger partial charge >= 0.3 is 5.97 Å². The molecule has 0 heterocycles. The van der Waals surface area contributed by atoms with Gasteiger partial charge in [-0.15, -0.1) is 0 Å². The lowest BCUT2D eigenvalue weighted by Crippen LogP contribution is -2.06. The van der Waals surface area contributed by atoms with Crippen LogP contribution in [0, 0.1) is 11.3 Å². The zero-order chi connectivity index (χ0) is 12.1. The highest BCUT2D eigenvalue weighted by atomic mass is 35.5. The van der Waals surface area contributed by atoms with E-state index >= 15 is 0 Å². The van der Waals surface area contributed by atoms with Gasteiger partial charge in [-0.1, -0.05) is 11.6 Å². The van der Waals surface area contributed by atoms with Crippen LogP contribution in [0.3, 0.4) is 0 Å². The molecule has 82 valence electrons. The maximum absolute atomic E-state index is 11.4. The van der Waals surface area contributed by atoms with E-state index in [1.807, 2.05) is 0 Å². The number of hydrogen-bond acceptors (Lipinski definition) is 4. The molecule has 4 nitrogen and oxygen atoms in total. The summed E-state index contributed by atoms with van der Waals surface area (Å²) in [6.07, 6.45) is 0.482. The first-order chi connectivity index (χ1) is 7.63. The lowest BCUT2D eigenvalue weighted by Gasteiger charge is -2.04. The minimum atomic E-state index is -0.571. The van der Waals surface area contributed by atoms with Crippen LogP contribution >= 0.6 is 11.6 Å². The molecule has 0 aliphatic carbocycles. The standard InChI is InChI=1S/C11H8ClNO3/c1-2-16-11(15)7-3-8(5-13)9(6-14)10(12)4-7/h3-4,6H,2H2,1H3. The maximum atomic E-state index is 11.4. The first kappa shape index (κ1) is 12.2. The minimum absolute atomic E-state index is 0.0607. The number of halogens is 1. The van der Waals surface area contributed by atoms with Crippen LogP contribution in [0.25, 0.3) is 0 Å². The molecule has 1 aromatic carbocycles. The lowest BCUT2D eigenvalue weighted by molar-refractivity contribution is 0.0526. The second kappa shape index (κ2) is 5.29. The summed E-state index contributed by atoms with van der Waals surface area (Å²) < 4.78 is 4.76. The molecule has 0 fully saturated rings. The Morgan fingerprint density at radius 1 is 1.62 bits per heavy atom. The Morgan fingerprint density at radius 3 is 2.81 bits per heavy atom. The molecule has 0 bridgehead atoms. The monoisotopic (exact) mass is 237 g/mol. The fraction of sp³-hybridized carbons (Fsp3) is 0.182. The molecular weight excluding hydrogens is 230 g/mol. The molecule has 1 aromatic rings. The predicted molar refractivity (Wildman–Crippen MR) is 57.5 cm³/mol. The van der Waals surface area contributed by atoms with Crippen molar-refractivity contribution in [2.24, 2.45) is 0 Å². The molecule has 0 atom stereocenters. The lowest BCUT2D eigenvalue weighted by atomic mass is 10.1. The Hall–Kier alpha value is -1.86. The van der Waals surface area contributed by atoms with Crippen molar-refractivity contribution in [1.82, 2.24) is 0 Å². The average Bonchev–Trinajstić information content (AvgIpc) is 2.28. The Kier molecular flexibility index (Phi) is 4.03. The van der Waals surface area contributed by atoms with Crippen LogP contribution in [0.2, 0.25) is 5.02 Å². The SMILES string of the molecule is CCOC(=O)c1cc(Cl)c(C=O)c(C#N)c1. The molecule has 0 unspecified atom stereocenters. The first-order valence-corrected chi connectivity index (χ1v) is 4.87. The van der Waals surface area contributed by atoms with Gasteiger partial charge in [0, 0.05) is 0 Å². The third-order valence-corrected chi connectivity index (χ3v) is 2.19. The molecule has 16 heavy (non-hydrogen) atoms. The summed E-state index contributed by atoms with van der Waals surface area (Å²) in [5, 5.41) is 8.86. The van der Waals surface area contributed by atoms with Gasteiger partial charge in [-0.05, 0) is 19.1 Å². The fourth-order valence-electron chi connectivity index (χ4n) is 1.16. The molecular formula is C11H8ClNO3. The second-order valence-corrected chi connectivity index (χ2v) is 3.28. The molecule has 0 saturated carbocycles. The van der Waals surface area contributed by atoms with E-state index in [0.717, 1.165) is 0 Å². The third kappa shape index (κ3) is 2.38. The highest BCUT2D eigenvalue weighted by molar-refractivity contribution is 6.33. The fourth-order valence-corrected chi connectivity index (χ4v) is 1.43. The molecule has 0 N–H and O–H groups in total. The van der Waals surface area contributed by atoms with Crippen molar-refractivity contribution in [3.63, 3.8) is 0 Å². The average molecular weight is 238 g/mol. The van der Waals surface area contributed by atoms with Gasteiger partial charge in [-0.3, -0.25) is 4.79 Å². The number of carbonyl (C=O) groups excluding carboxylic acids is 2. The number of carbonyl (C=O) groups is 2. The molecule has 0 saturated heterocycles. The molecule has 1 rings (SSSR count). The van der Waals surface area contributed by atoms with E-state index in [4.69, 9.17) is 21.6 Å². The van der Waals surface area contributed by atoms with E-state index in [1.165, 1.54) is 12.1 Å². The summed E-state index contributed by atoms with van der Waals surface area (Å²) in [5.41, 5.74) is 0.303. The van der Waals surface area contributed by atoms with Crippen molar-refractivity contribution in [2.45, 2.75) is 6.92 Å².